The third kappa shape index (κ3) is 5.45. The molecule has 30 heavy (non-hydrogen) atoms. The molecule has 7 heteroatoms. The van der Waals surface area contributed by atoms with Gasteiger partial charge in [-0.15, -0.1) is 0 Å². The molecule has 2 amide bonds. The number of benzene rings is 2. The second kappa shape index (κ2) is 10.3. The zero-order valence-electron chi connectivity index (χ0n) is 17.3. The number of ether oxygens (including phenoxy) is 2. The fourth-order valence-electron chi connectivity index (χ4n) is 3.62. The molecule has 0 spiro atoms. The predicted molar refractivity (Wildman–Crippen MR) is 116 cm³/mol. The van der Waals surface area contributed by atoms with Crippen LogP contribution in [-0.4, -0.2) is 50.6 Å². The van der Waals surface area contributed by atoms with Crippen LogP contribution in [0.4, 0.5) is 0 Å². The summed E-state index contributed by atoms with van der Waals surface area (Å²) >= 11 is 6.16. The number of hydrogen-bond acceptors (Lipinski definition) is 4. The summed E-state index contributed by atoms with van der Waals surface area (Å²) in [5, 5.41) is 3.62. The van der Waals surface area contributed by atoms with Gasteiger partial charge in [0.15, 0.2) is 11.5 Å². The van der Waals surface area contributed by atoms with E-state index in [0.29, 0.717) is 54.1 Å². The highest BCUT2D eigenvalue weighted by atomic mass is 35.5. The SMILES string of the molecule is COc1ccc(C(=O)NCC2CCN(C(=O)Cc3ccccc3Cl)CC2)cc1OC. The molecular weight excluding hydrogens is 404 g/mol. The van der Waals surface area contributed by atoms with E-state index in [1.165, 1.54) is 0 Å². The second-order valence-corrected chi connectivity index (χ2v) is 7.78. The van der Waals surface area contributed by atoms with Crippen molar-refractivity contribution in [1.82, 2.24) is 10.2 Å². The van der Waals surface area contributed by atoms with Crippen LogP contribution in [0.2, 0.25) is 5.02 Å². The van der Waals surface area contributed by atoms with Gasteiger partial charge in [0, 0.05) is 30.2 Å². The van der Waals surface area contributed by atoms with E-state index in [4.69, 9.17) is 21.1 Å². The van der Waals surface area contributed by atoms with Crippen molar-refractivity contribution in [1.29, 1.82) is 0 Å². The molecule has 0 aliphatic carbocycles. The molecular formula is C23H27ClN2O4. The second-order valence-electron chi connectivity index (χ2n) is 7.37. The summed E-state index contributed by atoms with van der Waals surface area (Å²) in [7, 11) is 3.10. The zero-order valence-corrected chi connectivity index (χ0v) is 18.1. The predicted octanol–water partition coefficient (Wildman–Crippen LogP) is 3.57. The molecule has 0 unspecified atom stereocenters. The Bertz CT molecular complexity index is 895. The Morgan fingerprint density at radius 3 is 2.43 bits per heavy atom. The number of hydrogen-bond donors (Lipinski definition) is 1. The van der Waals surface area contributed by atoms with Gasteiger partial charge in [-0.3, -0.25) is 9.59 Å². The Morgan fingerprint density at radius 2 is 1.77 bits per heavy atom. The van der Waals surface area contributed by atoms with Crippen LogP contribution in [0.1, 0.15) is 28.8 Å². The lowest BCUT2D eigenvalue weighted by Crippen LogP contribution is -2.42. The van der Waals surface area contributed by atoms with Crippen LogP contribution in [0.25, 0.3) is 0 Å². The first-order chi connectivity index (χ1) is 14.5. The maximum Gasteiger partial charge on any atom is 0.251 e. The van der Waals surface area contributed by atoms with Crippen molar-refractivity contribution in [2.24, 2.45) is 5.92 Å². The number of nitrogens with one attached hydrogen (secondary N) is 1. The summed E-state index contributed by atoms with van der Waals surface area (Å²) < 4.78 is 10.5. The third-order valence-electron chi connectivity index (χ3n) is 5.46. The largest absolute Gasteiger partial charge is 0.493 e. The van der Waals surface area contributed by atoms with E-state index < -0.39 is 0 Å². The number of amides is 2. The Balaban J connectivity index is 1.46. The van der Waals surface area contributed by atoms with Gasteiger partial charge in [-0.2, -0.15) is 0 Å². The molecule has 1 aliphatic rings. The van der Waals surface area contributed by atoms with E-state index in [9.17, 15) is 9.59 Å². The van der Waals surface area contributed by atoms with Crippen molar-refractivity contribution >= 4 is 23.4 Å². The molecule has 6 nitrogen and oxygen atoms in total. The van der Waals surface area contributed by atoms with Crippen LogP contribution >= 0.6 is 11.6 Å². The average molecular weight is 431 g/mol. The van der Waals surface area contributed by atoms with Gasteiger partial charge in [0.1, 0.15) is 0 Å². The first-order valence-corrected chi connectivity index (χ1v) is 10.4. The molecule has 1 heterocycles. The maximum atomic E-state index is 12.6. The van der Waals surface area contributed by atoms with E-state index in [0.717, 1.165) is 18.4 Å². The van der Waals surface area contributed by atoms with E-state index in [-0.39, 0.29) is 11.8 Å². The molecule has 2 aromatic rings. The summed E-state index contributed by atoms with van der Waals surface area (Å²) in [5.41, 5.74) is 1.38. The van der Waals surface area contributed by atoms with Crippen LogP contribution < -0.4 is 14.8 Å². The Labute approximate surface area is 182 Å². The standard InChI is InChI=1S/C23H27ClN2O4/c1-29-20-8-7-18(13-21(20)30-2)23(28)25-15-16-9-11-26(12-10-16)22(27)14-17-5-3-4-6-19(17)24/h3-8,13,16H,9-12,14-15H2,1-2H3,(H,25,28). The Morgan fingerprint density at radius 1 is 1.07 bits per heavy atom. The molecule has 1 aliphatic heterocycles. The molecule has 0 atom stereocenters. The van der Waals surface area contributed by atoms with Crippen LogP contribution in [0, 0.1) is 5.92 Å². The third-order valence-corrected chi connectivity index (χ3v) is 5.83. The average Bonchev–Trinajstić information content (AvgIpc) is 2.78. The fraction of sp³-hybridized carbons (Fsp3) is 0.391. The van der Waals surface area contributed by atoms with Gasteiger partial charge in [0.25, 0.3) is 5.91 Å². The van der Waals surface area contributed by atoms with Gasteiger partial charge in [-0.05, 0) is 48.6 Å². The molecule has 1 N–H and O–H groups in total. The molecule has 1 saturated heterocycles. The molecule has 1 fully saturated rings. The number of likely N-dealkylation sites (tertiary alicyclic amines) is 1. The van der Waals surface area contributed by atoms with Crippen molar-refractivity contribution in [2.75, 3.05) is 33.9 Å². The molecule has 160 valence electrons. The summed E-state index contributed by atoms with van der Waals surface area (Å²) in [6.07, 6.45) is 2.04. The topological polar surface area (TPSA) is 67.9 Å². The Hall–Kier alpha value is -2.73. The summed E-state index contributed by atoms with van der Waals surface area (Å²) in [5.74, 6) is 1.40. The van der Waals surface area contributed by atoms with Gasteiger partial charge in [0.05, 0.1) is 20.6 Å². The van der Waals surface area contributed by atoms with Crippen molar-refractivity contribution in [3.8, 4) is 11.5 Å². The highest BCUT2D eigenvalue weighted by molar-refractivity contribution is 6.31. The first kappa shape index (κ1) is 22.0. The molecule has 0 bridgehead atoms. The Kier molecular flexibility index (Phi) is 7.57. The van der Waals surface area contributed by atoms with Crippen LogP contribution in [0.15, 0.2) is 42.5 Å². The van der Waals surface area contributed by atoms with E-state index in [2.05, 4.69) is 5.32 Å². The smallest absolute Gasteiger partial charge is 0.251 e. The number of carbonyl (C=O) groups is 2. The lowest BCUT2D eigenvalue weighted by atomic mass is 9.96. The number of nitrogens with zero attached hydrogens (tertiary/aromatic N) is 1. The van der Waals surface area contributed by atoms with Crippen LogP contribution in [-0.2, 0) is 11.2 Å². The highest BCUT2D eigenvalue weighted by Gasteiger charge is 2.24. The quantitative estimate of drug-likeness (QED) is 0.729. The highest BCUT2D eigenvalue weighted by Crippen LogP contribution is 2.27. The summed E-state index contributed by atoms with van der Waals surface area (Å²) in [6, 6.07) is 12.5. The number of halogens is 1. The molecule has 0 saturated carbocycles. The van der Waals surface area contributed by atoms with Crippen molar-refractivity contribution < 1.29 is 19.1 Å². The number of carbonyl (C=O) groups excluding carboxylic acids is 2. The molecule has 2 aromatic carbocycles. The number of rotatable bonds is 7. The molecule has 3 rings (SSSR count). The van der Waals surface area contributed by atoms with Gasteiger partial charge < -0.3 is 19.7 Å². The maximum absolute atomic E-state index is 12.6. The fourth-order valence-corrected chi connectivity index (χ4v) is 3.82. The van der Waals surface area contributed by atoms with E-state index in [1.807, 2.05) is 23.1 Å². The van der Waals surface area contributed by atoms with Crippen molar-refractivity contribution in [3.05, 3.63) is 58.6 Å². The molecule has 0 aromatic heterocycles. The molecule has 0 radical (unpaired) electrons. The lowest BCUT2D eigenvalue weighted by Gasteiger charge is -2.32. The summed E-state index contributed by atoms with van der Waals surface area (Å²) in [4.78, 5) is 26.9. The van der Waals surface area contributed by atoms with Gasteiger partial charge >= 0.3 is 0 Å². The minimum absolute atomic E-state index is 0.0934. The van der Waals surface area contributed by atoms with Gasteiger partial charge in [-0.25, -0.2) is 0 Å². The number of piperidine rings is 1. The first-order valence-electron chi connectivity index (χ1n) is 10.0. The van der Waals surface area contributed by atoms with E-state index in [1.54, 1.807) is 38.5 Å². The number of methoxy groups -OCH3 is 2. The van der Waals surface area contributed by atoms with Crippen LogP contribution in [0.3, 0.4) is 0 Å². The van der Waals surface area contributed by atoms with Gasteiger partial charge in [-0.1, -0.05) is 29.8 Å². The van der Waals surface area contributed by atoms with Gasteiger partial charge in [0.2, 0.25) is 5.91 Å². The van der Waals surface area contributed by atoms with E-state index >= 15 is 0 Å². The van der Waals surface area contributed by atoms with Crippen molar-refractivity contribution in [3.63, 3.8) is 0 Å². The summed E-state index contributed by atoms with van der Waals surface area (Å²) in [6.45, 7) is 1.97. The monoisotopic (exact) mass is 430 g/mol. The lowest BCUT2D eigenvalue weighted by molar-refractivity contribution is -0.131. The minimum atomic E-state index is -0.145. The zero-order chi connectivity index (χ0) is 21.5. The minimum Gasteiger partial charge on any atom is -0.493 e. The normalized spacial score (nSPS) is 14.3. The van der Waals surface area contributed by atoms with Crippen molar-refractivity contribution in [2.45, 2.75) is 19.3 Å². The van der Waals surface area contributed by atoms with Crippen LogP contribution in [0.5, 0.6) is 11.5 Å².